The molecular formula is C18H23ClN4O2. The molecule has 1 N–H and O–H groups in total. The predicted molar refractivity (Wildman–Crippen MR) is 97.8 cm³/mol. The van der Waals surface area contributed by atoms with Crippen LogP contribution < -0.4 is 5.32 Å². The maximum Gasteiger partial charge on any atom is 0.272 e. The third kappa shape index (κ3) is 4.60. The minimum Gasteiger partial charge on any atom is -0.379 e. The Morgan fingerprint density at radius 1 is 1.32 bits per heavy atom. The summed E-state index contributed by atoms with van der Waals surface area (Å²) in [6, 6.07) is 9.35. The molecule has 0 aliphatic carbocycles. The first-order chi connectivity index (χ1) is 12.0. The summed E-state index contributed by atoms with van der Waals surface area (Å²) in [4.78, 5) is 14.8. The highest BCUT2D eigenvalue weighted by Gasteiger charge is 2.18. The predicted octanol–water partition coefficient (Wildman–Crippen LogP) is 2.19. The number of morpholine rings is 1. The van der Waals surface area contributed by atoms with E-state index in [0.717, 1.165) is 44.1 Å². The van der Waals surface area contributed by atoms with E-state index in [0.29, 0.717) is 10.7 Å². The van der Waals surface area contributed by atoms with Crippen LogP contribution in [0.25, 0.3) is 11.3 Å². The minimum absolute atomic E-state index is 0.0478. The van der Waals surface area contributed by atoms with Crippen molar-refractivity contribution in [2.45, 2.75) is 13.0 Å². The van der Waals surface area contributed by atoms with Crippen molar-refractivity contribution in [2.24, 2.45) is 7.05 Å². The van der Waals surface area contributed by atoms with Gasteiger partial charge in [0.05, 0.1) is 18.9 Å². The maximum absolute atomic E-state index is 12.5. The van der Waals surface area contributed by atoms with E-state index in [9.17, 15) is 4.79 Å². The van der Waals surface area contributed by atoms with Gasteiger partial charge in [0.1, 0.15) is 0 Å². The molecular weight excluding hydrogens is 340 g/mol. The highest BCUT2D eigenvalue weighted by molar-refractivity contribution is 6.30. The Hall–Kier alpha value is -1.89. The van der Waals surface area contributed by atoms with Gasteiger partial charge < -0.3 is 10.1 Å². The highest BCUT2D eigenvalue weighted by atomic mass is 35.5. The van der Waals surface area contributed by atoms with Crippen molar-refractivity contribution in [2.75, 3.05) is 32.8 Å². The van der Waals surface area contributed by atoms with Crippen molar-refractivity contribution in [3.05, 3.63) is 41.0 Å². The molecule has 1 unspecified atom stereocenters. The van der Waals surface area contributed by atoms with Crippen molar-refractivity contribution >= 4 is 17.5 Å². The molecule has 1 amide bonds. The van der Waals surface area contributed by atoms with Gasteiger partial charge in [0.15, 0.2) is 5.69 Å². The molecule has 1 fully saturated rings. The van der Waals surface area contributed by atoms with E-state index >= 15 is 0 Å². The standard InChI is InChI=1S/C18H23ClN4O2/c1-13(12-23-7-9-25-10-8-23)20-18(24)16-11-17(22(2)21-16)14-3-5-15(19)6-4-14/h3-6,11,13H,7-10,12H2,1-2H3,(H,20,24). The van der Waals surface area contributed by atoms with Gasteiger partial charge in [-0.25, -0.2) is 0 Å². The molecule has 0 spiro atoms. The molecule has 25 heavy (non-hydrogen) atoms. The van der Waals surface area contributed by atoms with Gasteiger partial charge in [-0.3, -0.25) is 14.4 Å². The number of aryl methyl sites for hydroxylation is 1. The van der Waals surface area contributed by atoms with Gasteiger partial charge in [-0.15, -0.1) is 0 Å². The molecule has 0 saturated carbocycles. The third-order valence-electron chi connectivity index (χ3n) is 4.27. The van der Waals surface area contributed by atoms with Crippen LogP contribution in [0.15, 0.2) is 30.3 Å². The fourth-order valence-electron chi connectivity index (χ4n) is 2.98. The molecule has 3 rings (SSSR count). The van der Waals surface area contributed by atoms with Crippen LogP contribution in [-0.4, -0.2) is 59.5 Å². The number of rotatable bonds is 5. The molecule has 2 heterocycles. The van der Waals surface area contributed by atoms with Crippen LogP contribution in [0, 0.1) is 0 Å². The van der Waals surface area contributed by atoms with Crippen LogP contribution in [0.4, 0.5) is 0 Å². The molecule has 134 valence electrons. The average molecular weight is 363 g/mol. The second kappa shape index (κ2) is 7.99. The quantitative estimate of drug-likeness (QED) is 0.885. The largest absolute Gasteiger partial charge is 0.379 e. The van der Waals surface area contributed by atoms with Gasteiger partial charge in [-0.1, -0.05) is 23.7 Å². The number of carbonyl (C=O) groups is 1. The van der Waals surface area contributed by atoms with Gasteiger partial charge in [-0.05, 0) is 30.7 Å². The Morgan fingerprint density at radius 3 is 2.68 bits per heavy atom. The van der Waals surface area contributed by atoms with E-state index in [4.69, 9.17) is 16.3 Å². The summed E-state index contributed by atoms with van der Waals surface area (Å²) in [6.07, 6.45) is 0. The first kappa shape index (κ1) is 17.9. The van der Waals surface area contributed by atoms with E-state index in [2.05, 4.69) is 15.3 Å². The van der Waals surface area contributed by atoms with Gasteiger partial charge in [0, 0.05) is 37.7 Å². The van der Waals surface area contributed by atoms with Crippen LogP contribution in [0.2, 0.25) is 5.02 Å². The number of hydrogen-bond donors (Lipinski definition) is 1. The van der Waals surface area contributed by atoms with Crippen molar-refractivity contribution in [1.82, 2.24) is 20.0 Å². The molecule has 1 atom stereocenters. The first-order valence-electron chi connectivity index (χ1n) is 8.44. The van der Waals surface area contributed by atoms with Crippen molar-refractivity contribution in [3.63, 3.8) is 0 Å². The zero-order valence-corrected chi connectivity index (χ0v) is 15.3. The zero-order chi connectivity index (χ0) is 17.8. The maximum atomic E-state index is 12.5. The van der Waals surface area contributed by atoms with Crippen molar-refractivity contribution in [1.29, 1.82) is 0 Å². The average Bonchev–Trinajstić information content (AvgIpc) is 2.98. The highest BCUT2D eigenvalue weighted by Crippen LogP contribution is 2.22. The van der Waals surface area contributed by atoms with E-state index in [-0.39, 0.29) is 11.9 Å². The van der Waals surface area contributed by atoms with E-state index in [1.165, 1.54) is 0 Å². The second-order valence-electron chi connectivity index (χ2n) is 6.33. The van der Waals surface area contributed by atoms with Crippen molar-refractivity contribution < 1.29 is 9.53 Å². The number of ether oxygens (including phenoxy) is 1. The summed E-state index contributed by atoms with van der Waals surface area (Å²) in [7, 11) is 1.83. The Morgan fingerprint density at radius 2 is 2.00 bits per heavy atom. The monoisotopic (exact) mass is 362 g/mol. The van der Waals surface area contributed by atoms with Crippen LogP contribution >= 0.6 is 11.6 Å². The number of benzene rings is 1. The molecule has 6 nitrogen and oxygen atoms in total. The molecule has 2 aromatic rings. The molecule has 7 heteroatoms. The lowest BCUT2D eigenvalue weighted by Gasteiger charge is -2.29. The molecule has 0 radical (unpaired) electrons. The molecule has 1 aromatic heterocycles. The third-order valence-corrected chi connectivity index (χ3v) is 4.52. The lowest BCUT2D eigenvalue weighted by Crippen LogP contribution is -2.46. The summed E-state index contributed by atoms with van der Waals surface area (Å²) >= 11 is 5.93. The smallest absolute Gasteiger partial charge is 0.272 e. The SMILES string of the molecule is CC(CN1CCOCC1)NC(=O)c1cc(-c2ccc(Cl)cc2)n(C)n1. The zero-order valence-electron chi connectivity index (χ0n) is 14.5. The van der Waals surface area contributed by atoms with Crippen molar-refractivity contribution in [3.8, 4) is 11.3 Å². The van der Waals surface area contributed by atoms with Crippen LogP contribution in [0.3, 0.4) is 0 Å². The Balaban J connectivity index is 1.64. The normalized spacial score (nSPS) is 16.6. The number of nitrogens with zero attached hydrogens (tertiary/aromatic N) is 3. The topological polar surface area (TPSA) is 59.4 Å². The van der Waals surface area contributed by atoms with Gasteiger partial charge >= 0.3 is 0 Å². The molecule has 1 aromatic carbocycles. The number of hydrogen-bond acceptors (Lipinski definition) is 4. The number of carbonyl (C=O) groups excluding carboxylic acids is 1. The van der Waals surface area contributed by atoms with E-state index in [1.807, 2.05) is 38.2 Å². The molecule has 1 saturated heterocycles. The number of amides is 1. The molecule has 1 aliphatic heterocycles. The number of aromatic nitrogens is 2. The van der Waals surface area contributed by atoms with Crippen LogP contribution in [-0.2, 0) is 11.8 Å². The van der Waals surface area contributed by atoms with Gasteiger partial charge in [-0.2, -0.15) is 5.10 Å². The summed E-state index contributed by atoms with van der Waals surface area (Å²) in [5.41, 5.74) is 2.27. The second-order valence-corrected chi connectivity index (χ2v) is 6.77. The Labute approximate surface area is 152 Å². The number of halogens is 1. The lowest BCUT2D eigenvalue weighted by molar-refractivity contribution is 0.0342. The summed E-state index contributed by atoms with van der Waals surface area (Å²) in [5.74, 6) is -0.156. The summed E-state index contributed by atoms with van der Waals surface area (Å²) in [6.45, 7) is 6.15. The fraction of sp³-hybridized carbons (Fsp3) is 0.444. The molecule has 0 bridgehead atoms. The van der Waals surface area contributed by atoms with E-state index in [1.54, 1.807) is 10.7 Å². The number of nitrogens with one attached hydrogen (secondary N) is 1. The Kier molecular flexibility index (Phi) is 5.73. The van der Waals surface area contributed by atoms with Crippen LogP contribution in [0.1, 0.15) is 17.4 Å². The van der Waals surface area contributed by atoms with E-state index < -0.39 is 0 Å². The molecule has 1 aliphatic rings. The van der Waals surface area contributed by atoms with Crippen LogP contribution in [0.5, 0.6) is 0 Å². The minimum atomic E-state index is -0.156. The fourth-order valence-corrected chi connectivity index (χ4v) is 3.11. The first-order valence-corrected chi connectivity index (χ1v) is 8.81. The Bertz CT molecular complexity index is 723. The van der Waals surface area contributed by atoms with Gasteiger partial charge in [0.2, 0.25) is 0 Å². The van der Waals surface area contributed by atoms with Gasteiger partial charge in [0.25, 0.3) is 5.91 Å². The lowest BCUT2D eigenvalue weighted by atomic mass is 10.1. The summed E-state index contributed by atoms with van der Waals surface area (Å²) in [5, 5.41) is 8.05. The summed E-state index contributed by atoms with van der Waals surface area (Å²) < 4.78 is 7.06.